The van der Waals surface area contributed by atoms with Crippen molar-refractivity contribution in [3.8, 4) is 0 Å². The van der Waals surface area contributed by atoms with Gasteiger partial charge in [-0.05, 0) is 0 Å². The fraction of sp³-hybridized carbons (Fsp3) is 1.00. The Kier molecular flexibility index (Phi) is 3.34. The Bertz CT molecular complexity index is 108. The summed E-state index contributed by atoms with van der Waals surface area (Å²) in [6, 6.07) is 0. The van der Waals surface area contributed by atoms with Crippen molar-refractivity contribution in [2.45, 2.75) is 19.3 Å². The Morgan fingerprint density at radius 3 is 2.45 bits per heavy atom. The third-order valence-corrected chi connectivity index (χ3v) is 2.69. The molecule has 1 fully saturated rings. The van der Waals surface area contributed by atoms with Crippen molar-refractivity contribution in [1.29, 1.82) is 0 Å². The van der Waals surface area contributed by atoms with Crippen LogP contribution in [0.1, 0.15) is 19.3 Å². The van der Waals surface area contributed by atoms with Crippen LogP contribution in [0.2, 0.25) is 0 Å². The second kappa shape index (κ2) is 4.07. The molecule has 1 aliphatic heterocycles. The first-order valence-electron chi connectivity index (χ1n) is 4.59. The van der Waals surface area contributed by atoms with Gasteiger partial charge in [0.15, 0.2) is 0 Å². The third-order valence-electron chi connectivity index (χ3n) is 2.69. The molecule has 0 radical (unpaired) electrons. The van der Waals surface area contributed by atoms with Gasteiger partial charge in [-0.1, -0.05) is 0 Å². The molecule has 66 valence electrons. The van der Waals surface area contributed by atoms with Crippen LogP contribution in [0.3, 0.4) is 0 Å². The normalized spacial score (nSPS) is 22.4. The molecule has 0 spiro atoms. The first-order valence-corrected chi connectivity index (χ1v) is 4.59. The van der Waals surface area contributed by atoms with Gasteiger partial charge in [-0.15, -0.1) is 0 Å². The monoisotopic (exact) mass is 158 g/mol. The summed E-state index contributed by atoms with van der Waals surface area (Å²) in [5, 5.41) is 0. The molecule has 0 unspecified atom stereocenters. The molecule has 0 amide bonds. The summed E-state index contributed by atoms with van der Waals surface area (Å²) in [7, 11) is 4.15. The molecule has 0 N–H and O–H groups in total. The zero-order valence-corrected chi connectivity index (χ0v) is 7.81. The predicted molar refractivity (Wildman–Crippen MR) is 46.5 cm³/mol. The van der Waals surface area contributed by atoms with Crippen LogP contribution in [-0.2, 0) is 4.74 Å². The second-order valence-electron chi connectivity index (χ2n) is 3.84. The second-order valence-corrected chi connectivity index (χ2v) is 3.84. The van der Waals surface area contributed by atoms with Crippen LogP contribution in [0.5, 0.6) is 0 Å². The molecule has 1 saturated heterocycles. The molecule has 0 aromatic rings. The van der Waals surface area contributed by atoms with Gasteiger partial charge in [-0.2, -0.15) is 0 Å². The fourth-order valence-electron chi connectivity index (χ4n) is 1.91. The van der Waals surface area contributed by atoms with Crippen LogP contribution in [0.4, 0.5) is 0 Å². The van der Waals surface area contributed by atoms with E-state index in [4.69, 9.17) is 4.74 Å². The van der Waals surface area contributed by atoms with E-state index in [0.29, 0.717) is 0 Å². The third kappa shape index (κ3) is 2.80. The molecule has 0 atom stereocenters. The number of rotatable bonds is 4. The maximum Gasteiger partial charge on any atom is 0.0806 e. The quantitative estimate of drug-likeness (QED) is 0.442. The molecule has 0 aliphatic carbocycles. The SMILES string of the molecule is COCCC[N+]1(C)CCCC1. The van der Waals surface area contributed by atoms with E-state index < -0.39 is 0 Å². The lowest BCUT2D eigenvalue weighted by molar-refractivity contribution is -0.897. The number of hydrogen-bond acceptors (Lipinski definition) is 1. The lowest BCUT2D eigenvalue weighted by Gasteiger charge is -2.28. The summed E-state index contributed by atoms with van der Waals surface area (Å²) < 4.78 is 6.32. The zero-order chi connectivity index (χ0) is 8.16. The maximum atomic E-state index is 5.04. The molecular formula is C9H20NO+. The summed E-state index contributed by atoms with van der Waals surface area (Å²) >= 11 is 0. The lowest BCUT2D eigenvalue weighted by Crippen LogP contribution is -2.41. The maximum absolute atomic E-state index is 5.04. The Morgan fingerprint density at radius 2 is 1.91 bits per heavy atom. The van der Waals surface area contributed by atoms with Crippen molar-refractivity contribution in [1.82, 2.24) is 0 Å². The van der Waals surface area contributed by atoms with Crippen LogP contribution in [0.15, 0.2) is 0 Å². The molecule has 0 saturated carbocycles. The average Bonchev–Trinajstić information content (AvgIpc) is 2.38. The Balaban J connectivity index is 2.13. The van der Waals surface area contributed by atoms with E-state index in [-0.39, 0.29) is 0 Å². The first kappa shape index (κ1) is 9.01. The summed E-state index contributed by atoms with van der Waals surface area (Å²) in [5.41, 5.74) is 0. The zero-order valence-electron chi connectivity index (χ0n) is 7.81. The molecule has 2 nitrogen and oxygen atoms in total. The Hall–Kier alpha value is -0.0800. The van der Waals surface area contributed by atoms with Crippen LogP contribution < -0.4 is 0 Å². The smallest absolute Gasteiger partial charge is 0.0806 e. The van der Waals surface area contributed by atoms with Gasteiger partial charge in [0.1, 0.15) is 0 Å². The molecule has 1 heterocycles. The minimum absolute atomic E-state index is 0.924. The van der Waals surface area contributed by atoms with Gasteiger partial charge < -0.3 is 9.22 Å². The van der Waals surface area contributed by atoms with Gasteiger partial charge in [0.25, 0.3) is 0 Å². The van der Waals surface area contributed by atoms with Gasteiger partial charge in [0.05, 0.1) is 33.3 Å². The van der Waals surface area contributed by atoms with Crippen molar-refractivity contribution >= 4 is 0 Å². The van der Waals surface area contributed by atoms with E-state index in [1.54, 1.807) is 7.11 Å². The largest absolute Gasteiger partial charge is 0.384 e. The molecular weight excluding hydrogens is 138 g/mol. The molecule has 0 aromatic heterocycles. The van der Waals surface area contributed by atoms with Crippen LogP contribution in [0, 0.1) is 0 Å². The minimum Gasteiger partial charge on any atom is -0.384 e. The number of quaternary nitrogens is 1. The number of methoxy groups -OCH3 is 1. The molecule has 11 heavy (non-hydrogen) atoms. The molecule has 1 rings (SSSR count). The summed E-state index contributed by atoms with van der Waals surface area (Å²) in [4.78, 5) is 0. The highest BCUT2D eigenvalue weighted by Crippen LogP contribution is 2.16. The molecule has 2 heteroatoms. The average molecular weight is 158 g/mol. The highest BCUT2D eigenvalue weighted by Gasteiger charge is 2.25. The van der Waals surface area contributed by atoms with E-state index >= 15 is 0 Å². The van der Waals surface area contributed by atoms with Crippen LogP contribution >= 0.6 is 0 Å². The van der Waals surface area contributed by atoms with Gasteiger partial charge in [0.2, 0.25) is 0 Å². The summed E-state index contributed by atoms with van der Waals surface area (Å²) in [6.45, 7) is 4.98. The van der Waals surface area contributed by atoms with Gasteiger partial charge in [-0.25, -0.2) is 0 Å². The summed E-state index contributed by atoms with van der Waals surface area (Å²) in [6.07, 6.45) is 4.06. The van der Waals surface area contributed by atoms with Crippen molar-refractivity contribution in [3.05, 3.63) is 0 Å². The van der Waals surface area contributed by atoms with E-state index in [0.717, 1.165) is 6.61 Å². The Labute approximate surface area is 69.7 Å². The summed E-state index contributed by atoms with van der Waals surface area (Å²) in [5.74, 6) is 0. The molecule has 1 aliphatic rings. The highest BCUT2D eigenvalue weighted by molar-refractivity contribution is 4.51. The van der Waals surface area contributed by atoms with Crippen molar-refractivity contribution in [2.75, 3.05) is 40.4 Å². The lowest BCUT2D eigenvalue weighted by atomic mass is 10.3. The molecule has 0 aromatic carbocycles. The van der Waals surface area contributed by atoms with Crippen LogP contribution in [0.25, 0.3) is 0 Å². The van der Waals surface area contributed by atoms with E-state index in [9.17, 15) is 0 Å². The van der Waals surface area contributed by atoms with E-state index in [1.165, 1.54) is 43.4 Å². The number of ether oxygens (including phenoxy) is 1. The Morgan fingerprint density at radius 1 is 1.27 bits per heavy atom. The van der Waals surface area contributed by atoms with Crippen molar-refractivity contribution < 1.29 is 9.22 Å². The van der Waals surface area contributed by atoms with Gasteiger partial charge >= 0.3 is 0 Å². The number of hydrogen-bond donors (Lipinski definition) is 0. The highest BCUT2D eigenvalue weighted by atomic mass is 16.5. The minimum atomic E-state index is 0.924. The first-order chi connectivity index (χ1) is 5.27. The molecule has 0 bridgehead atoms. The number of likely N-dealkylation sites (tertiary alicyclic amines) is 1. The van der Waals surface area contributed by atoms with Crippen LogP contribution in [-0.4, -0.2) is 44.9 Å². The predicted octanol–water partition coefficient (Wildman–Crippen LogP) is 1.26. The fourth-order valence-corrected chi connectivity index (χ4v) is 1.91. The van der Waals surface area contributed by atoms with Crippen molar-refractivity contribution in [2.24, 2.45) is 0 Å². The van der Waals surface area contributed by atoms with Gasteiger partial charge in [0, 0.05) is 26.4 Å². The van der Waals surface area contributed by atoms with E-state index in [1.807, 2.05) is 0 Å². The van der Waals surface area contributed by atoms with Crippen molar-refractivity contribution in [3.63, 3.8) is 0 Å². The topological polar surface area (TPSA) is 9.23 Å². The van der Waals surface area contributed by atoms with E-state index in [2.05, 4.69) is 7.05 Å². The number of nitrogens with zero attached hydrogens (tertiary/aromatic N) is 1. The standard InChI is InChI=1S/C9H20NO/c1-10(6-3-4-7-10)8-5-9-11-2/h3-9H2,1-2H3/q+1. The van der Waals surface area contributed by atoms with Gasteiger partial charge in [-0.3, -0.25) is 0 Å².